The molecule has 2 aliphatic rings. The molecule has 188 valence electrons. The lowest BCUT2D eigenvalue weighted by atomic mass is 9.62. The van der Waals surface area contributed by atoms with Crippen molar-refractivity contribution in [2.45, 2.75) is 108 Å². The normalized spacial score (nSPS) is 53.8. The Kier molecular flexibility index (Phi) is 6.46. The van der Waals surface area contributed by atoms with Crippen molar-refractivity contribution in [1.82, 2.24) is 0 Å². The number of aliphatic hydroxyl groups excluding tert-OH is 2. The summed E-state index contributed by atoms with van der Waals surface area (Å²) >= 11 is 0. The van der Waals surface area contributed by atoms with Gasteiger partial charge in [0.2, 0.25) is 0 Å². The second-order valence-electron chi connectivity index (χ2n) is 10.6. The van der Waals surface area contributed by atoms with Crippen LogP contribution in [0.25, 0.3) is 0 Å². The fourth-order valence-corrected chi connectivity index (χ4v) is 4.73. The first-order chi connectivity index (χ1) is 14.1. The van der Waals surface area contributed by atoms with E-state index in [-0.39, 0.29) is 0 Å². The SMILES string of the molecule is COC1C(C)(CO)OC(OC2(C)C(C)(C(=O)O)OC(O)C(C)(O)C2(C)O)C(C)(C)C1(C)O. The minimum absolute atomic E-state index is 0.576. The summed E-state index contributed by atoms with van der Waals surface area (Å²) in [6.07, 6.45) is -4.48. The van der Waals surface area contributed by atoms with Gasteiger partial charge in [-0.05, 0) is 41.5 Å². The molecule has 0 aliphatic carbocycles. The molecule has 0 aromatic heterocycles. The van der Waals surface area contributed by atoms with Gasteiger partial charge in [0.05, 0.1) is 6.61 Å². The smallest absolute Gasteiger partial charge is 0.338 e. The molecular weight excluding hydrogens is 428 g/mol. The highest BCUT2D eigenvalue weighted by molar-refractivity contribution is 5.79. The molecule has 2 saturated heterocycles. The fraction of sp³-hybridized carbons (Fsp3) is 0.952. The molecule has 2 aliphatic heterocycles. The van der Waals surface area contributed by atoms with Crippen LogP contribution < -0.4 is 0 Å². The van der Waals surface area contributed by atoms with Crippen LogP contribution in [0.5, 0.6) is 0 Å². The number of rotatable bonds is 5. The average Bonchev–Trinajstić information content (AvgIpc) is 2.64. The van der Waals surface area contributed by atoms with Gasteiger partial charge in [0.1, 0.15) is 34.1 Å². The number of aliphatic hydroxyl groups is 5. The molecule has 2 rings (SSSR count). The maximum atomic E-state index is 12.3. The van der Waals surface area contributed by atoms with Gasteiger partial charge in [-0.25, -0.2) is 4.79 Å². The molecule has 0 amide bonds. The number of carboxylic acids is 1. The van der Waals surface area contributed by atoms with Crippen molar-refractivity contribution in [3.8, 4) is 0 Å². The van der Waals surface area contributed by atoms with Crippen molar-refractivity contribution < 1.29 is 54.4 Å². The van der Waals surface area contributed by atoms with Gasteiger partial charge < -0.3 is 49.6 Å². The summed E-state index contributed by atoms with van der Waals surface area (Å²) in [4.78, 5) is 12.3. The van der Waals surface area contributed by atoms with Crippen LogP contribution in [-0.2, 0) is 23.7 Å². The molecular formula is C21H38O11. The third kappa shape index (κ3) is 3.18. The Morgan fingerprint density at radius 1 is 0.938 bits per heavy atom. The maximum Gasteiger partial charge on any atom is 0.338 e. The summed E-state index contributed by atoms with van der Waals surface area (Å²) in [6.45, 7) is 10.1. The van der Waals surface area contributed by atoms with Crippen molar-refractivity contribution in [3.05, 3.63) is 0 Å². The van der Waals surface area contributed by atoms with Gasteiger partial charge in [-0.2, -0.15) is 0 Å². The second-order valence-corrected chi connectivity index (χ2v) is 10.6. The van der Waals surface area contributed by atoms with E-state index < -0.39 is 70.3 Å². The fourth-order valence-electron chi connectivity index (χ4n) is 4.73. The van der Waals surface area contributed by atoms with Crippen LogP contribution in [0.4, 0.5) is 0 Å². The van der Waals surface area contributed by atoms with E-state index in [1.807, 2.05) is 0 Å². The lowest BCUT2D eigenvalue weighted by Crippen LogP contribution is -2.84. The summed E-state index contributed by atoms with van der Waals surface area (Å²) in [7, 11) is 1.36. The third-order valence-electron chi connectivity index (χ3n) is 8.29. The molecule has 9 unspecified atom stereocenters. The van der Waals surface area contributed by atoms with Gasteiger partial charge >= 0.3 is 5.97 Å². The Labute approximate surface area is 187 Å². The number of aliphatic carboxylic acids is 1. The lowest BCUT2D eigenvalue weighted by molar-refractivity contribution is -0.453. The van der Waals surface area contributed by atoms with Gasteiger partial charge in [-0.15, -0.1) is 0 Å². The maximum absolute atomic E-state index is 12.3. The molecule has 0 bridgehead atoms. The van der Waals surface area contributed by atoms with E-state index >= 15 is 0 Å². The molecule has 0 aromatic rings. The number of ether oxygens (including phenoxy) is 4. The minimum Gasteiger partial charge on any atom is -0.479 e. The molecule has 9 atom stereocenters. The van der Waals surface area contributed by atoms with Gasteiger partial charge in [0.25, 0.3) is 0 Å². The molecule has 2 fully saturated rings. The highest BCUT2D eigenvalue weighted by atomic mass is 16.7. The molecule has 32 heavy (non-hydrogen) atoms. The Morgan fingerprint density at radius 3 is 1.84 bits per heavy atom. The number of hydrogen-bond donors (Lipinski definition) is 6. The molecule has 6 N–H and O–H groups in total. The molecule has 0 aromatic carbocycles. The van der Waals surface area contributed by atoms with E-state index in [1.54, 1.807) is 13.8 Å². The molecule has 0 radical (unpaired) electrons. The Balaban J connectivity index is 2.70. The summed E-state index contributed by atoms with van der Waals surface area (Å²) in [5.41, 5.74) is -13.8. The largest absolute Gasteiger partial charge is 0.479 e. The summed E-state index contributed by atoms with van der Waals surface area (Å²) < 4.78 is 23.0. The van der Waals surface area contributed by atoms with E-state index in [1.165, 1.54) is 27.9 Å². The third-order valence-corrected chi connectivity index (χ3v) is 8.29. The Bertz CT molecular complexity index is 748. The minimum atomic E-state index is -2.40. The quantitative estimate of drug-likeness (QED) is 0.304. The monoisotopic (exact) mass is 466 g/mol. The van der Waals surface area contributed by atoms with E-state index in [0.717, 1.165) is 20.8 Å². The van der Waals surface area contributed by atoms with Gasteiger partial charge in [-0.3, -0.25) is 0 Å². The van der Waals surface area contributed by atoms with E-state index in [4.69, 9.17) is 18.9 Å². The summed E-state index contributed by atoms with van der Waals surface area (Å²) in [6, 6.07) is 0. The first kappa shape index (κ1) is 27.4. The summed E-state index contributed by atoms with van der Waals surface area (Å²) in [5, 5.41) is 64.0. The molecule has 11 nitrogen and oxygen atoms in total. The second kappa shape index (κ2) is 7.56. The van der Waals surface area contributed by atoms with Crippen molar-refractivity contribution in [1.29, 1.82) is 0 Å². The zero-order chi connectivity index (χ0) is 25.3. The van der Waals surface area contributed by atoms with Crippen LogP contribution in [0.3, 0.4) is 0 Å². The van der Waals surface area contributed by atoms with Gasteiger partial charge in [0, 0.05) is 12.5 Å². The van der Waals surface area contributed by atoms with Crippen LogP contribution in [0.1, 0.15) is 55.4 Å². The van der Waals surface area contributed by atoms with E-state index in [2.05, 4.69) is 0 Å². The predicted molar refractivity (Wildman–Crippen MR) is 109 cm³/mol. The van der Waals surface area contributed by atoms with Crippen LogP contribution in [0.2, 0.25) is 0 Å². The topological polar surface area (TPSA) is 175 Å². The first-order valence-corrected chi connectivity index (χ1v) is 10.4. The van der Waals surface area contributed by atoms with Crippen LogP contribution in [-0.4, -0.2) is 103 Å². The molecule has 0 saturated carbocycles. The number of carboxylic acid groups (broad SMARTS) is 1. The first-order valence-electron chi connectivity index (χ1n) is 10.4. The van der Waals surface area contributed by atoms with E-state index in [0.29, 0.717) is 0 Å². The number of methoxy groups -OCH3 is 1. The van der Waals surface area contributed by atoms with Crippen LogP contribution in [0, 0.1) is 5.41 Å². The van der Waals surface area contributed by atoms with Gasteiger partial charge in [0.15, 0.2) is 18.2 Å². The molecule has 0 spiro atoms. The van der Waals surface area contributed by atoms with Crippen LogP contribution in [0.15, 0.2) is 0 Å². The molecule has 11 heteroatoms. The zero-order valence-electron chi connectivity index (χ0n) is 20.2. The number of carbonyl (C=O) groups is 1. The van der Waals surface area contributed by atoms with Crippen molar-refractivity contribution in [2.24, 2.45) is 5.41 Å². The average molecular weight is 467 g/mol. The highest BCUT2D eigenvalue weighted by Gasteiger charge is 2.76. The predicted octanol–water partition coefficient (Wildman–Crippen LogP) is -0.645. The zero-order valence-corrected chi connectivity index (χ0v) is 20.2. The molecule has 2 heterocycles. The van der Waals surface area contributed by atoms with E-state index in [9.17, 15) is 35.4 Å². The van der Waals surface area contributed by atoms with Crippen molar-refractivity contribution >= 4 is 5.97 Å². The van der Waals surface area contributed by atoms with Crippen molar-refractivity contribution in [2.75, 3.05) is 13.7 Å². The Hall–Kier alpha value is -0.890. The van der Waals surface area contributed by atoms with Crippen molar-refractivity contribution in [3.63, 3.8) is 0 Å². The highest BCUT2D eigenvalue weighted by Crippen LogP contribution is 2.55. The lowest BCUT2D eigenvalue weighted by Gasteiger charge is -2.64. The standard InChI is InChI=1S/C21H38O11/c1-15(2)14(31-16(3,10-22)11(29-9)17(15,4)26)32-21(8)19(6,12(23)24)30-13(25)18(5,27)20(21,7)28/h11,13-14,22,25-28H,10H2,1-9H3,(H,23,24). The van der Waals surface area contributed by atoms with Crippen LogP contribution >= 0.6 is 0 Å². The Morgan fingerprint density at radius 2 is 1.44 bits per heavy atom. The number of hydrogen-bond acceptors (Lipinski definition) is 10. The van der Waals surface area contributed by atoms with Gasteiger partial charge in [-0.1, -0.05) is 13.8 Å². The summed E-state index contributed by atoms with van der Waals surface area (Å²) in [5.74, 6) is -1.57.